The molecule has 1 heterocycles. The number of sulfonamides is 1. The molecule has 0 radical (unpaired) electrons. The molecule has 0 saturated heterocycles. The quantitative estimate of drug-likeness (QED) is 0.358. The molecule has 3 aromatic rings. The second-order valence-electron chi connectivity index (χ2n) is 6.01. The fourth-order valence-corrected chi connectivity index (χ4v) is 3.28. The average Bonchev–Trinajstić information content (AvgIpc) is 3.16. The number of non-ortho nitro benzene ring substituents is 1. The van der Waals surface area contributed by atoms with Crippen molar-refractivity contribution in [2.24, 2.45) is 5.10 Å². The third-order valence-electron chi connectivity index (χ3n) is 3.98. The Morgan fingerprint density at radius 1 is 1.14 bits per heavy atom. The second kappa shape index (κ2) is 8.15. The number of hydrogen-bond acceptors (Lipinski definition) is 7. The number of benzene rings is 2. The Balaban J connectivity index is 1.77. The molecule has 10 heteroatoms. The van der Waals surface area contributed by atoms with Crippen LogP contribution >= 0.6 is 0 Å². The Bertz CT molecular complexity index is 1170. The van der Waals surface area contributed by atoms with Crippen LogP contribution in [0, 0.1) is 17.0 Å². The highest BCUT2D eigenvalue weighted by molar-refractivity contribution is 7.89. The van der Waals surface area contributed by atoms with E-state index in [0.717, 1.165) is 5.56 Å². The minimum atomic E-state index is -3.79. The zero-order chi connectivity index (χ0) is 21.0. The van der Waals surface area contributed by atoms with E-state index in [1.54, 1.807) is 24.3 Å². The Hall–Kier alpha value is -3.66. The van der Waals surface area contributed by atoms with Gasteiger partial charge in [0.15, 0.2) is 0 Å². The van der Waals surface area contributed by atoms with E-state index < -0.39 is 14.9 Å². The summed E-state index contributed by atoms with van der Waals surface area (Å²) in [6.07, 6.45) is 1.22. The van der Waals surface area contributed by atoms with E-state index >= 15 is 0 Å². The molecule has 0 aliphatic heterocycles. The zero-order valence-corrected chi connectivity index (χ0v) is 16.3. The molecule has 0 amide bonds. The molecular formula is C19H17N3O6S. The van der Waals surface area contributed by atoms with Gasteiger partial charge in [0.25, 0.3) is 15.7 Å². The first-order valence-electron chi connectivity index (χ1n) is 8.34. The smallest absolute Gasteiger partial charge is 0.276 e. The fraction of sp³-hybridized carbons (Fsp3) is 0.105. The summed E-state index contributed by atoms with van der Waals surface area (Å²) in [6.45, 7) is 1.86. The number of nitro groups is 1. The monoisotopic (exact) mass is 415 g/mol. The fourth-order valence-electron chi connectivity index (χ4n) is 2.49. The number of hydrazone groups is 1. The molecule has 0 unspecified atom stereocenters. The van der Waals surface area contributed by atoms with Crippen molar-refractivity contribution in [3.63, 3.8) is 0 Å². The van der Waals surface area contributed by atoms with E-state index in [9.17, 15) is 18.5 Å². The van der Waals surface area contributed by atoms with Crippen molar-refractivity contribution in [3.8, 4) is 17.1 Å². The molecule has 0 saturated carbocycles. The molecule has 0 aliphatic carbocycles. The van der Waals surface area contributed by atoms with Crippen molar-refractivity contribution in [1.82, 2.24) is 4.83 Å². The Morgan fingerprint density at radius 3 is 2.52 bits per heavy atom. The highest BCUT2D eigenvalue weighted by Gasteiger charge is 2.15. The van der Waals surface area contributed by atoms with Crippen LogP contribution in [-0.4, -0.2) is 26.7 Å². The van der Waals surface area contributed by atoms with Crippen LogP contribution in [0.3, 0.4) is 0 Å². The van der Waals surface area contributed by atoms with E-state index in [1.807, 2.05) is 6.92 Å². The number of nitrogens with zero attached hydrogens (tertiary/aromatic N) is 2. The van der Waals surface area contributed by atoms with Crippen LogP contribution in [0.2, 0.25) is 0 Å². The maximum Gasteiger partial charge on any atom is 0.276 e. The first kappa shape index (κ1) is 20.1. The largest absolute Gasteiger partial charge is 0.496 e. The highest BCUT2D eigenvalue weighted by Crippen LogP contribution is 2.34. The highest BCUT2D eigenvalue weighted by atomic mass is 32.2. The first-order chi connectivity index (χ1) is 13.8. The maximum atomic E-state index is 12.2. The minimum absolute atomic E-state index is 0.0935. The van der Waals surface area contributed by atoms with Crippen LogP contribution in [0.5, 0.6) is 5.75 Å². The second-order valence-corrected chi connectivity index (χ2v) is 7.67. The molecule has 9 nitrogen and oxygen atoms in total. The summed E-state index contributed by atoms with van der Waals surface area (Å²) in [5.41, 5.74) is 1.35. The number of rotatable bonds is 7. The molecule has 3 rings (SSSR count). The molecule has 1 aromatic heterocycles. The molecule has 150 valence electrons. The predicted molar refractivity (Wildman–Crippen MR) is 106 cm³/mol. The molecular weight excluding hydrogens is 398 g/mol. The zero-order valence-electron chi connectivity index (χ0n) is 15.5. The van der Waals surface area contributed by atoms with Gasteiger partial charge in [-0.2, -0.15) is 18.4 Å². The molecule has 0 aliphatic rings. The van der Waals surface area contributed by atoms with Crippen LogP contribution in [0.1, 0.15) is 11.3 Å². The summed E-state index contributed by atoms with van der Waals surface area (Å²) in [5.74, 6) is 0.948. The number of methoxy groups -OCH3 is 1. The van der Waals surface area contributed by atoms with Crippen molar-refractivity contribution in [3.05, 3.63) is 76.0 Å². The van der Waals surface area contributed by atoms with Crippen molar-refractivity contribution in [1.29, 1.82) is 0 Å². The van der Waals surface area contributed by atoms with E-state index in [1.165, 1.54) is 43.7 Å². The van der Waals surface area contributed by atoms with Gasteiger partial charge in [-0.1, -0.05) is 17.7 Å². The Labute approximate surface area is 166 Å². The summed E-state index contributed by atoms with van der Waals surface area (Å²) in [5, 5.41) is 14.6. The lowest BCUT2D eigenvalue weighted by atomic mass is 10.1. The summed E-state index contributed by atoms with van der Waals surface area (Å²) in [6, 6.07) is 13.7. The van der Waals surface area contributed by atoms with Crippen LogP contribution in [0.4, 0.5) is 5.69 Å². The van der Waals surface area contributed by atoms with Gasteiger partial charge in [-0.3, -0.25) is 10.1 Å². The summed E-state index contributed by atoms with van der Waals surface area (Å²) < 4.78 is 35.2. The lowest BCUT2D eigenvalue weighted by molar-refractivity contribution is -0.384. The van der Waals surface area contributed by atoms with Crippen LogP contribution < -0.4 is 9.57 Å². The van der Waals surface area contributed by atoms with Gasteiger partial charge in [-0.05, 0) is 37.3 Å². The van der Waals surface area contributed by atoms with Gasteiger partial charge in [0.05, 0.1) is 34.8 Å². The van der Waals surface area contributed by atoms with E-state index in [0.29, 0.717) is 11.3 Å². The third kappa shape index (κ3) is 4.61. The number of hydrogen-bond donors (Lipinski definition) is 1. The van der Waals surface area contributed by atoms with Crippen molar-refractivity contribution < 1.29 is 22.5 Å². The first-order valence-corrected chi connectivity index (χ1v) is 9.82. The van der Waals surface area contributed by atoms with E-state index in [4.69, 9.17) is 9.15 Å². The van der Waals surface area contributed by atoms with Gasteiger partial charge in [0.1, 0.15) is 17.3 Å². The molecule has 0 atom stereocenters. The van der Waals surface area contributed by atoms with Crippen molar-refractivity contribution in [2.45, 2.75) is 11.8 Å². The van der Waals surface area contributed by atoms with Crippen molar-refractivity contribution in [2.75, 3.05) is 7.11 Å². The minimum Gasteiger partial charge on any atom is -0.496 e. The lowest BCUT2D eigenvalue weighted by Gasteiger charge is -2.05. The number of nitrogens with one attached hydrogen (secondary N) is 1. The molecule has 0 bridgehead atoms. The standard InChI is InChI=1S/C19H17N3O6S/c1-13-3-7-16(8-4-13)29(25,26)21-20-12-15-6-10-18(28-15)17-9-5-14(22(23)24)11-19(17)27-2/h3-12,21H,1-2H3. The summed E-state index contributed by atoms with van der Waals surface area (Å²) in [7, 11) is -2.39. The molecule has 0 fully saturated rings. The molecule has 2 aromatic carbocycles. The number of ether oxygens (including phenoxy) is 1. The van der Waals surface area contributed by atoms with Crippen LogP contribution in [0.15, 0.2) is 69.0 Å². The lowest BCUT2D eigenvalue weighted by Crippen LogP contribution is -2.18. The number of nitro benzene ring substituents is 1. The van der Waals surface area contributed by atoms with Gasteiger partial charge >= 0.3 is 0 Å². The predicted octanol–water partition coefficient (Wildman–Crippen LogP) is 3.48. The maximum absolute atomic E-state index is 12.2. The SMILES string of the molecule is COc1cc([N+](=O)[O-])ccc1-c1ccc(C=NNS(=O)(=O)c2ccc(C)cc2)o1. The van der Waals surface area contributed by atoms with Gasteiger partial charge < -0.3 is 9.15 Å². The molecule has 29 heavy (non-hydrogen) atoms. The number of furan rings is 1. The number of aryl methyl sites for hydroxylation is 1. The molecule has 0 spiro atoms. The van der Waals surface area contributed by atoms with Gasteiger partial charge in [0, 0.05) is 6.07 Å². The van der Waals surface area contributed by atoms with E-state index in [2.05, 4.69) is 9.93 Å². The van der Waals surface area contributed by atoms with Gasteiger partial charge in [-0.25, -0.2) is 0 Å². The topological polar surface area (TPSA) is 124 Å². The normalized spacial score (nSPS) is 11.5. The summed E-state index contributed by atoms with van der Waals surface area (Å²) >= 11 is 0. The van der Waals surface area contributed by atoms with E-state index in [-0.39, 0.29) is 22.1 Å². The Kier molecular flexibility index (Phi) is 5.64. The van der Waals surface area contributed by atoms with Crippen LogP contribution in [-0.2, 0) is 10.0 Å². The van der Waals surface area contributed by atoms with Crippen LogP contribution in [0.25, 0.3) is 11.3 Å². The van der Waals surface area contributed by atoms with Gasteiger partial charge in [0.2, 0.25) is 0 Å². The van der Waals surface area contributed by atoms with Crippen molar-refractivity contribution >= 4 is 21.9 Å². The Morgan fingerprint density at radius 2 is 1.86 bits per heavy atom. The molecule has 1 N–H and O–H groups in total. The van der Waals surface area contributed by atoms with Gasteiger partial charge in [-0.15, -0.1) is 0 Å². The summed E-state index contributed by atoms with van der Waals surface area (Å²) in [4.78, 5) is 12.6. The average molecular weight is 415 g/mol. The third-order valence-corrected chi connectivity index (χ3v) is 5.22.